The molecule has 0 aliphatic carbocycles. The zero-order valence-electron chi connectivity index (χ0n) is 21.1. The Bertz CT molecular complexity index is 1440. The number of nitrogens with one attached hydrogen (secondary N) is 2. The van der Waals surface area contributed by atoms with Crippen molar-refractivity contribution in [3.8, 4) is 10.8 Å². The van der Waals surface area contributed by atoms with Crippen LogP contribution in [-0.2, 0) is 6.18 Å². The van der Waals surface area contributed by atoms with Crippen molar-refractivity contribution in [3.05, 3.63) is 57.2 Å². The zero-order valence-corrected chi connectivity index (χ0v) is 23.5. The molecular weight excluding hydrogens is 573 g/mol. The van der Waals surface area contributed by atoms with E-state index in [1.54, 1.807) is 5.38 Å². The monoisotopic (exact) mass is 600 g/mol. The molecule has 14 heteroatoms. The lowest BCUT2D eigenvalue weighted by molar-refractivity contribution is -0.136. The lowest BCUT2D eigenvalue weighted by Gasteiger charge is -2.09. The highest BCUT2D eigenvalue weighted by Crippen LogP contribution is 2.35. The number of carboxylic acids is 1. The Labute approximate surface area is 237 Å². The third kappa shape index (κ3) is 8.73. The molecular formula is C25H28ClF3N6O2S2. The number of aromatic carboxylic acids is 1. The van der Waals surface area contributed by atoms with Crippen molar-refractivity contribution in [2.45, 2.75) is 58.0 Å². The first kappa shape index (κ1) is 30.5. The van der Waals surface area contributed by atoms with Gasteiger partial charge >= 0.3 is 12.1 Å². The minimum absolute atomic E-state index is 0.0404. The summed E-state index contributed by atoms with van der Waals surface area (Å²) in [5, 5.41) is 11.5. The molecule has 0 aromatic carbocycles. The Morgan fingerprint density at radius 3 is 2.54 bits per heavy atom. The third-order valence-electron chi connectivity index (χ3n) is 5.68. The van der Waals surface area contributed by atoms with Crippen LogP contribution in [0.1, 0.15) is 67.8 Å². The molecule has 0 aliphatic rings. The second-order valence-corrected chi connectivity index (χ2v) is 10.2. The highest BCUT2D eigenvalue weighted by atomic mass is 35.5. The van der Waals surface area contributed by atoms with Crippen molar-refractivity contribution in [2.75, 3.05) is 12.0 Å². The van der Waals surface area contributed by atoms with Crippen LogP contribution >= 0.6 is 35.2 Å². The van der Waals surface area contributed by atoms with E-state index in [9.17, 15) is 18.0 Å². The van der Waals surface area contributed by atoms with Gasteiger partial charge in [0.05, 0.1) is 17.3 Å². The molecule has 0 atom stereocenters. The molecule has 0 saturated heterocycles. The summed E-state index contributed by atoms with van der Waals surface area (Å²) in [7, 11) is 0. The number of carbonyl (C=O) groups is 1. The molecule has 4 aromatic heterocycles. The molecule has 0 aliphatic heterocycles. The molecule has 0 radical (unpaired) electrons. The molecule has 0 unspecified atom stereocenters. The highest BCUT2D eigenvalue weighted by molar-refractivity contribution is 7.71. The van der Waals surface area contributed by atoms with Gasteiger partial charge in [-0.15, -0.1) is 11.3 Å². The molecule has 0 spiro atoms. The number of fused-ring (bicyclic) bond motifs is 1. The van der Waals surface area contributed by atoms with Gasteiger partial charge in [0.1, 0.15) is 15.4 Å². The minimum Gasteiger partial charge on any atom is -0.478 e. The van der Waals surface area contributed by atoms with Crippen molar-refractivity contribution < 1.29 is 23.1 Å². The van der Waals surface area contributed by atoms with Gasteiger partial charge in [-0.1, -0.05) is 69.3 Å². The Balaban J connectivity index is 0.000000230. The number of thiazole rings is 1. The van der Waals surface area contributed by atoms with Crippen LogP contribution in [0.4, 0.5) is 13.2 Å². The fourth-order valence-electron chi connectivity index (χ4n) is 3.73. The number of H-pyrrole nitrogens is 1. The van der Waals surface area contributed by atoms with Gasteiger partial charge in [0.15, 0.2) is 10.8 Å². The van der Waals surface area contributed by atoms with Crippen LogP contribution in [0, 0.1) is 4.64 Å². The van der Waals surface area contributed by atoms with E-state index in [0.29, 0.717) is 28.0 Å². The molecule has 8 nitrogen and oxygen atoms in total. The van der Waals surface area contributed by atoms with Gasteiger partial charge in [-0.2, -0.15) is 13.2 Å². The average molecular weight is 601 g/mol. The fraction of sp³-hybridized carbons (Fsp3) is 0.400. The van der Waals surface area contributed by atoms with E-state index >= 15 is 0 Å². The second kappa shape index (κ2) is 14.4. The van der Waals surface area contributed by atoms with Crippen molar-refractivity contribution in [2.24, 2.45) is 0 Å². The zero-order chi connectivity index (χ0) is 28.4. The number of aromatic amines is 1. The summed E-state index contributed by atoms with van der Waals surface area (Å²) in [6.45, 7) is 2.85. The largest absolute Gasteiger partial charge is 0.478 e. The average Bonchev–Trinajstić information content (AvgIpc) is 3.50. The Kier molecular flexibility index (Phi) is 11.3. The molecule has 0 amide bonds. The van der Waals surface area contributed by atoms with E-state index in [2.05, 4.69) is 32.3 Å². The number of nitrogens with zero attached hydrogens (tertiary/aromatic N) is 4. The number of alkyl halides is 3. The summed E-state index contributed by atoms with van der Waals surface area (Å²) in [6, 6.07) is 1.41. The molecule has 0 bridgehead atoms. The standard InChI is InChI=1S/C17H24F3N3.C8H4ClN3O2S2/c1-2-3-4-5-6-7-8-10-22-23-13-15(17(18,19)20)14-9-11-21-12-16(14)23;9-4-2-16-7(11-4)5-10-1-3(8(13)14)6(15)12-5/h9,11-13,22H,2-8,10H2,1H3;1-2H,(H,13,14)(H,10,12,15). The first-order valence-electron chi connectivity index (χ1n) is 12.3. The molecule has 4 heterocycles. The first-order valence-corrected chi connectivity index (χ1v) is 14.0. The number of aromatic nitrogens is 5. The van der Waals surface area contributed by atoms with Gasteiger partial charge in [-0.05, 0) is 12.5 Å². The van der Waals surface area contributed by atoms with Crippen LogP contribution in [-0.4, -0.2) is 42.2 Å². The van der Waals surface area contributed by atoms with Crippen molar-refractivity contribution >= 4 is 52.0 Å². The lowest BCUT2D eigenvalue weighted by Crippen LogP contribution is -2.15. The number of hydrogen-bond acceptors (Lipinski definition) is 7. The fourth-order valence-corrected chi connectivity index (χ4v) is 4.86. The number of unbranched alkanes of at least 4 members (excludes halogenated alkanes) is 6. The number of hydrogen-bond donors (Lipinski definition) is 3. The van der Waals surface area contributed by atoms with Crippen LogP contribution in [0.2, 0.25) is 5.15 Å². The number of carboxylic acid groups (broad SMARTS) is 1. The van der Waals surface area contributed by atoms with Crippen molar-refractivity contribution in [1.29, 1.82) is 0 Å². The predicted octanol–water partition coefficient (Wildman–Crippen LogP) is 7.96. The SMILES string of the molecule is CCCCCCCCCNn1cc(C(F)(F)F)c2ccncc21.O=C(O)c1cnc(-c2nc(Cl)cs2)[nH]c1=S. The van der Waals surface area contributed by atoms with E-state index in [1.165, 1.54) is 72.8 Å². The van der Waals surface area contributed by atoms with Crippen molar-refractivity contribution in [3.63, 3.8) is 0 Å². The summed E-state index contributed by atoms with van der Waals surface area (Å²) >= 11 is 11.9. The van der Waals surface area contributed by atoms with E-state index in [4.69, 9.17) is 28.9 Å². The van der Waals surface area contributed by atoms with Crippen LogP contribution < -0.4 is 5.43 Å². The second-order valence-electron chi connectivity index (χ2n) is 8.59. The van der Waals surface area contributed by atoms with E-state index in [1.807, 2.05) is 0 Å². The lowest BCUT2D eigenvalue weighted by atomic mass is 10.1. The maximum absolute atomic E-state index is 13.1. The van der Waals surface area contributed by atoms with Gasteiger partial charge in [-0.3, -0.25) is 9.66 Å². The Morgan fingerprint density at radius 2 is 1.92 bits per heavy atom. The summed E-state index contributed by atoms with van der Waals surface area (Å²) in [5.41, 5.74) is 2.86. The number of pyridine rings is 1. The molecule has 39 heavy (non-hydrogen) atoms. The first-order chi connectivity index (χ1) is 18.6. The summed E-state index contributed by atoms with van der Waals surface area (Å²) in [4.78, 5) is 25.3. The predicted molar refractivity (Wildman–Crippen MR) is 149 cm³/mol. The maximum atomic E-state index is 13.1. The topological polar surface area (TPSA) is 109 Å². The van der Waals surface area contributed by atoms with Gasteiger partial charge in [0.25, 0.3) is 0 Å². The van der Waals surface area contributed by atoms with Crippen molar-refractivity contribution in [1.82, 2.24) is 24.6 Å². The molecule has 0 fully saturated rings. The number of halogens is 4. The van der Waals surface area contributed by atoms with E-state index in [-0.39, 0.29) is 15.6 Å². The quantitative estimate of drug-likeness (QED) is 0.118. The smallest absolute Gasteiger partial charge is 0.418 e. The Hall–Kier alpha value is -3.03. The van der Waals surface area contributed by atoms with Gasteiger partial charge < -0.3 is 15.5 Å². The number of rotatable bonds is 11. The maximum Gasteiger partial charge on any atom is 0.418 e. The van der Waals surface area contributed by atoms with Gasteiger partial charge in [-0.25, -0.2) is 14.8 Å². The van der Waals surface area contributed by atoms with Crippen LogP contribution in [0.15, 0.2) is 36.2 Å². The van der Waals surface area contributed by atoms with Crippen LogP contribution in [0.5, 0.6) is 0 Å². The van der Waals surface area contributed by atoms with Gasteiger partial charge in [0, 0.05) is 35.9 Å². The minimum atomic E-state index is -4.36. The highest BCUT2D eigenvalue weighted by Gasteiger charge is 2.34. The third-order valence-corrected chi connectivity index (χ3v) is 7.18. The summed E-state index contributed by atoms with van der Waals surface area (Å²) in [5.74, 6) is -0.704. The normalized spacial score (nSPS) is 11.3. The van der Waals surface area contributed by atoms with E-state index in [0.717, 1.165) is 19.0 Å². The molecule has 210 valence electrons. The molecule has 3 N–H and O–H groups in total. The Morgan fingerprint density at radius 1 is 1.21 bits per heavy atom. The molecule has 0 saturated carbocycles. The van der Waals surface area contributed by atoms with Crippen LogP contribution in [0.25, 0.3) is 21.7 Å². The molecule has 4 rings (SSSR count). The van der Waals surface area contributed by atoms with E-state index < -0.39 is 17.7 Å². The summed E-state index contributed by atoms with van der Waals surface area (Å²) in [6.07, 6.45) is 9.07. The summed E-state index contributed by atoms with van der Waals surface area (Å²) < 4.78 is 40.7. The van der Waals surface area contributed by atoms with Crippen LogP contribution in [0.3, 0.4) is 0 Å². The van der Waals surface area contributed by atoms with Gasteiger partial charge in [0.2, 0.25) is 0 Å². The molecule has 4 aromatic rings.